The SMILES string of the molecule is COc1cccc2c1N(C(=O)C(C)(C)C)CCC2=O. The molecular weight excluding hydrogens is 242 g/mol. The van der Waals surface area contributed by atoms with Gasteiger partial charge in [0.1, 0.15) is 5.75 Å². The summed E-state index contributed by atoms with van der Waals surface area (Å²) in [5, 5.41) is 0. The van der Waals surface area contributed by atoms with E-state index in [1.54, 1.807) is 30.2 Å². The predicted molar refractivity (Wildman–Crippen MR) is 73.7 cm³/mol. The number of carbonyl (C=O) groups excluding carboxylic acids is 2. The Bertz CT molecular complexity index is 529. The van der Waals surface area contributed by atoms with Gasteiger partial charge in [0.25, 0.3) is 0 Å². The average Bonchev–Trinajstić information content (AvgIpc) is 2.37. The van der Waals surface area contributed by atoms with Crippen LogP contribution in [0.5, 0.6) is 5.75 Å². The van der Waals surface area contributed by atoms with Crippen LogP contribution in [0.15, 0.2) is 18.2 Å². The van der Waals surface area contributed by atoms with Crippen molar-refractivity contribution >= 4 is 17.4 Å². The highest BCUT2D eigenvalue weighted by atomic mass is 16.5. The molecule has 0 saturated carbocycles. The van der Waals surface area contributed by atoms with Gasteiger partial charge >= 0.3 is 0 Å². The molecule has 4 heteroatoms. The molecule has 1 aliphatic heterocycles. The van der Waals surface area contributed by atoms with Gasteiger partial charge in [0.2, 0.25) is 5.91 Å². The summed E-state index contributed by atoms with van der Waals surface area (Å²) in [5.74, 6) is 0.640. The average molecular weight is 261 g/mol. The van der Waals surface area contributed by atoms with Crippen molar-refractivity contribution < 1.29 is 14.3 Å². The maximum absolute atomic E-state index is 12.5. The van der Waals surface area contributed by atoms with Crippen LogP contribution in [0.1, 0.15) is 37.6 Å². The Kier molecular flexibility index (Phi) is 3.35. The van der Waals surface area contributed by atoms with Crippen LogP contribution in [0.2, 0.25) is 0 Å². The number of methoxy groups -OCH3 is 1. The Balaban J connectivity index is 2.56. The van der Waals surface area contributed by atoms with Crippen molar-refractivity contribution in [1.82, 2.24) is 0 Å². The van der Waals surface area contributed by atoms with Gasteiger partial charge in [-0.15, -0.1) is 0 Å². The maximum atomic E-state index is 12.5. The predicted octanol–water partition coefficient (Wildman–Crippen LogP) is 2.66. The lowest BCUT2D eigenvalue weighted by atomic mass is 9.91. The van der Waals surface area contributed by atoms with Gasteiger partial charge in [-0.3, -0.25) is 9.59 Å². The van der Waals surface area contributed by atoms with Crippen LogP contribution in [0, 0.1) is 5.41 Å². The van der Waals surface area contributed by atoms with Crippen LogP contribution in [0.3, 0.4) is 0 Å². The van der Waals surface area contributed by atoms with E-state index in [0.29, 0.717) is 30.0 Å². The van der Waals surface area contributed by atoms with E-state index in [1.807, 2.05) is 20.8 Å². The minimum atomic E-state index is -0.488. The second kappa shape index (κ2) is 4.68. The van der Waals surface area contributed by atoms with Crippen molar-refractivity contribution in [3.8, 4) is 5.75 Å². The topological polar surface area (TPSA) is 46.6 Å². The zero-order valence-corrected chi connectivity index (χ0v) is 11.8. The Labute approximate surface area is 113 Å². The fraction of sp³-hybridized carbons (Fsp3) is 0.467. The molecule has 0 aliphatic carbocycles. The van der Waals surface area contributed by atoms with E-state index in [0.717, 1.165) is 0 Å². The van der Waals surface area contributed by atoms with Gasteiger partial charge in [0.05, 0.1) is 12.8 Å². The van der Waals surface area contributed by atoms with Crippen molar-refractivity contribution in [2.75, 3.05) is 18.6 Å². The fourth-order valence-corrected chi connectivity index (χ4v) is 2.26. The molecule has 0 unspecified atom stereocenters. The van der Waals surface area contributed by atoms with Gasteiger partial charge in [-0.05, 0) is 12.1 Å². The number of benzene rings is 1. The minimum Gasteiger partial charge on any atom is -0.495 e. The molecule has 19 heavy (non-hydrogen) atoms. The van der Waals surface area contributed by atoms with E-state index in [1.165, 1.54) is 0 Å². The summed E-state index contributed by atoms with van der Waals surface area (Å²) in [6, 6.07) is 5.31. The van der Waals surface area contributed by atoms with Gasteiger partial charge in [-0.1, -0.05) is 26.8 Å². The Hall–Kier alpha value is -1.84. The second-order valence-electron chi connectivity index (χ2n) is 5.74. The van der Waals surface area contributed by atoms with E-state index in [-0.39, 0.29) is 11.7 Å². The first-order valence-corrected chi connectivity index (χ1v) is 6.38. The lowest BCUT2D eigenvalue weighted by molar-refractivity contribution is -0.125. The van der Waals surface area contributed by atoms with Crippen LogP contribution >= 0.6 is 0 Å². The van der Waals surface area contributed by atoms with Gasteiger partial charge in [-0.2, -0.15) is 0 Å². The Morgan fingerprint density at radius 1 is 1.32 bits per heavy atom. The zero-order chi connectivity index (χ0) is 14.2. The first-order chi connectivity index (χ1) is 8.86. The van der Waals surface area contributed by atoms with Crippen LogP contribution in [-0.2, 0) is 4.79 Å². The number of fused-ring (bicyclic) bond motifs is 1. The third kappa shape index (κ3) is 2.35. The maximum Gasteiger partial charge on any atom is 0.232 e. The lowest BCUT2D eigenvalue weighted by Gasteiger charge is -2.34. The van der Waals surface area contributed by atoms with Crippen molar-refractivity contribution in [1.29, 1.82) is 0 Å². The number of ether oxygens (including phenoxy) is 1. The zero-order valence-electron chi connectivity index (χ0n) is 11.8. The number of nitrogens with zero attached hydrogens (tertiary/aromatic N) is 1. The minimum absolute atomic E-state index is 0.00532. The fourth-order valence-electron chi connectivity index (χ4n) is 2.26. The van der Waals surface area contributed by atoms with Gasteiger partial charge < -0.3 is 9.64 Å². The molecule has 0 saturated heterocycles. The molecule has 1 aromatic carbocycles. The number of rotatable bonds is 1. The van der Waals surface area contributed by atoms with Gasteiger partial charge in [0.15, 0.2) is 5.78 Å². The highest BCUT2D eigenvalue weighted by Crippen LogP contribution is 2.38. The van der Waals surface area contributed by atoms with Crippen molar-refractivity contribution in [3.05, 3.63) is 23.8 Å². The number of para-hydroxylation sites is 1. The summed E-state index contributed by atoms with van der Waals surface area (Å²) in [7, 11) is 1.55. The van der Waals surface area contributed by atoms with Crippen molar-refractivity contribution in [2.45, 2.75) is 27.2 Å². The molecule has 0 radical (unpaired) electrons. The number of ketones is 1. The number of anilines is 1. The molecule has 0 atom stereocenters. The van der Waals surface area contributed by atoms with Crippen LogP contribution in [0.4, 0.5) is 5.69 Å². The summed E-state index contributed by atoms with van der Waals surface area (Å²) in [6.07, 6.45) is 0.363. The van der Waals surface area contributed by atoms with Crippen LogP contribution < -0.4 is 9.64 Å². The van der Waals surface area contributed by atoms with Crippen molar-refractivity contribution in [2.24, 2.45) is 5.41 Å². The number of hydrogen-bond acceptors (Lipinski definition) is 3. The summed E-state index contributed by atoms with van der Waals surface area (Å²) in [5.41, 5.74) is 0.697. The van der Waals surface area contributed by atoms with Gasteiger partial charge in [-0.25, -0.2) is 0 Å². The molecule has 1 aromatic rings. The quantitative estimate of drug-likeness (QED) is 0.780. The molecular formula is C15H19NO3. The molecule has 4 nitrogen and oxygen atoms in total. The largest absolute Gasteiger partial charge is 0.495 e. The normalized spacial score (nSPS) is 15.2. The molecule has 1 amide bonds. The first-order valence-electron chi connectivity index (χ1n) is 6.38. The smallest absolute Gasteiger partial charge is 0.232 e. The summed E-state index contributed by atoms with van der Waals surface area (Å²) < 4.78 is 5.31. The molecule has 0 spiro atoms. The molecule has 1 aliphatic rings. The van der Waals surface area contributed by atoms with E-state index >= 15 is 0 Å². The molecule has 2 rings (SSSR count). The number of carbonyl (C=O) groups is 2. The molecule has 0 aromatic heterocycles. The number of amides is 1. The third-order valence-corrected chi connectivity index (χ3v) is 3.24. The molecule has 0 N–H and O–H groups in total. The van der Waals surface area contributed by atoms with Gasteiger partial charge in [0, 0.05) is 23.9 Å². The lowest BCUT2D eigenvalue weighted by Crippen LogP contribution is -2.43. The summed E-state index contributed by atoms with van der Waals surface area (Å²) >= 11 is 0. The third-order valence-electron chi connectivity index (χ3n) is 3.24. The molecule has 1 heterocycles. The Morgan fingerprint density at radius 2 is 2.00 bits per heavy atom. The highest BCUT2D eigenvalue weighted by Gasteiger charge is 2.35. The van der Waals surface area contributed by atoms with E-state index in [9.17, 15) is 9.59 Å². The number of hydrogen-bond donors (Lipinski definition) is 0. The standard InChI is InChI=1S/C15H19NO3/c1-15(2,3)14(18)16-9-8-11(17)10-6-5-7-12(19-4)13(10)16/h5-7H,8-9H2,1-4H3. The van der Waals surface area contributed by atoms with E-state index in [2.05, 4.69) is 0 Å². The van der Waals surface area contributed by atoms with Crippen molar-refractivity contribution in [3.63, 3.8) is 0 Å². The van der Waals surface area contributed by atoms with Crippen LogP contribution in [-0.4, -0.2) is 25.3 Å². The van der Waals surface area contributed by atoms with Crippen LogP contribution in [0.25, 0.3) is 0 Å². The van der Waals surface area contributed by atoms with E-state index < -0.39 is 5.41 Å². The molecule has 0 bridgehead atoms. The number of Topliss-reactive ketones (excluding diaryl/α,β-unsaturated/α-hetero) is 1. The van der Waals surface area contributed by atoms with E-state index in [4.69, 9.17) is 4.74 Å². The molecule has 102 valence electrons. The Morgan fingerprint density at radius 3 is 2.58 bits per heavy atom. The second-order valence-corrected chi connectivity index (χ2v) is 5.74. The molecule has 0 fully saturated rings. The monoisotopic (exact) mass is 261 g/mol. The summed E-state index contributed by atoms with van der Waals surface area (Å²) in [6.45, 7) is 6.05. The highest BCUT2D eigenvalue weighted by molar-refractivity contribution is 6.11. The first kappa shape index (κ1) is 13.6. The summed E-state index contributed by atoms with van der Waals surface area (Å²) in [4.78, 5) is 26.2.